The summed E-state index contributed by atoms with van der Waals surface area (Å²) in [6.07, 6.45) is 2.16. The fourth-order valence-electron chi connectivity index (χ4n) is 2.01. The van der Waals surface area contributed by atoms with Crippen molar-refractivity contribution in [2.24, 2.45) is 5.92 Å². The van der Waals surface area contributed by atoms with Gasteiger partial charge in [0.05, 0.1) is 11.0 Å². The largest absolute Gasteiger partial charge is 0.369 e. The molecule has 0 amide bonds. The highest BCUT2D eigenvalue weighted by molar-refractivity contribution is 5.78. The lowest BCUT2D eigenvalue weighted by atomic mass is 10.1. The Hall–Kier alpha value is -1.58. The Bertz CT molecular complexity index is 517. The number of fused-ring (bicyclic) bond motifs is 1. The summed E-state index contributed by atoms with van der Waals surface area (Å²) in [4.78, 5) is 4.23. The van der Waals surface area contributed by atoms with Crippen LogP contribution in [0.5, 0.6) is 0 Å². The van der Waals surface area contributed by atoms with Gasteiger partial charge in [-0.1, -0.05) is 13.8 Å². The molecule has 3 nitrogen and oxygen atoms in total. The van der Waals surface area contributed by atoms with Crippen LogP contribution < -0.4 is 5.73 Å². The summed E-state index contributed by atoms with van der Waals surface area (Å²) in [5.41, 5.74) is 7.39. The van der Waals surface area contributed by atoms with Crippen molar-refractivity contribution in [3.63, 3.8) is 0 Å². The van der Waals surface area contributed by atoms with E-state index in [1.165, 1.54) is 12.1 Å². The van der Waals surface area contributed by atoms with Crippen molar-refractivity contribution in [2.45, 2.75) is 33.2 Å². The zero-order valence-electron chi connectivity index (χ0n) is 10.3. The number of aryl methyl sites for hydroxylation is 1. The number of anilines is 1. The zero-order chi connectivity index (χ0) is 12.4. The van der Waals surface area contributed by atoms with E-state index >= 15 is 0 Å². The van der Waals surface area contributed by atoms with Crippen LogP contribution in [-0.2, 0) is 6.54 Å². The molecular weight excluding hydrogens is 217 g/mol. The Morgan fingerprint density at radius 3 is 2.88 bits per heavy atom. The number of benzene rings is 1. The second-order valence-corrected chi connectivity index (χ2v) is 4.79. The zero-order valence-corrected chi connectivity index (χ0v) is 10.3. The van der Waals surface area contributed by atoms with Gasteiger partial charge in [0, 0.05) is 6.54 Å². The van der Waals surface area contributed by atoms with E-state index in [-0.39, 0.29) is 5.82 Å². The van der Waals surface area contributed by atoms with Gasteiger partial charge >= 0.3 is 0 Å². The van der Waals surface area contributed by atoms with E-state index in [4.69, 9.17) is 5.73 Å². The van der Waals surface area contributed by atoms with Crippen molar-refractivity contribution in [3.05, 3.63) is 24.0 Å². The molecule has 17 heavy (non-hydrogen) atoms. The summed E-state index contributed by atoms with van der Waals surface area (Å²) in [6.45, 7) is 5.17. The van der Waals surface area contributed by atoms with Gasteiger partial charge in [0.2, 0.25) is 5.95 Å². The molecule has 4 heteroatoms. The highest BCUT2D eigenvalue weighted by Gasteiger charge is 2.08. The van der Waals surface area contributed by atoms with Gasteiger partial charge in [0.1, 0.15) is 5.82 Å². The summed E-state index contributed by atoms with van der Waals surface area (Å²) in [5, 5.41) is 0. The monoisotopic (exact) mass is 235 g/mol. The van der Waals surface area contributed by atoms with E-state index in [1.807, 2.05) is 4.57 Å². The first-order chi connectivity index (χ1) is 8.08. The molecule has 0 bridgehead atoms. The number of nitrogens with two attached hydrogens (primary N) is 1. The van der Waals surface area contributed by atoms with Gasteiger partial charge in [-0.2, -0.15) is 0 Å². The van der Waals surface area contributed by atoms with Crippen molar-refractivity contribution in [3.8, 4) is 0 Å². The number of hydrogen-bond donors (Lipinski definition) is 1. The topological polar surface area (TPSA) is 43.8 Å². The Morgan fingerprint density at radius 2 is 2.18 bits per heavy atom. The molecule has 0 fully saturated rings. The van der Waals surface area contributed by atoms with E-state index in [0.29, 0.717) is 11.9 Å². The number of imidazole rings is 1. The number of aromatic nitrogens is 2. The molecule has 2 N–H and O–H groups in total. The van der Waals surface area contributed by atoms with Crippen molar-refractivity contribution >= 4 is 17.0 Å². The predicted octanol–water partition coefficient (Wildman–Crippen LogP) is 3.19. The van der Waals surface area contributed by atoms with Gasteiger partial charge in [0.15, 0.2) is 0 Å². The Balaban J connectivity index is 2.26. The van der Waals surface area contributed by atoms with Crippen LogP contribution in [-0.4, -0.2) is 9.55 Å². The fraction of sp³-hybridized carbons (Fsp3) is 0.462. The quantitative estimate of drug-likeness (QED) is 0.884. The van der Waals surface area contributed by atoms with Gasteiger partial charge < -0.3 is 10.3 Å². The van der Waals surface area contributed by atoms with E-state index in [0.717, 1.165) is 30.4 Å². The lowest BCUT2D eigenvalue weighted by molar-refractivity contribution is 0.518. The average Bonchev–Trinajstić information content (AvgIpc) is 2.55. The molecule has 0 spiro atoms. The first-order valence-electron chi connectivity index (χ1n) is 5.99. The molecule has 1 aromatic carbocycles. The number of nitrogens with zero attached hydrogens (tertiary/aromatic N) is 2. The molecule has 2 aromatic rings. The molecule has 0 aliphatic heterocycles. The van der Waals surface area contributed by atoms with E-state index in [9.17, 15) is 4.39 Å². The summed E-state index contributed by atoms with van der Waals surface area (Å²) in [5.74, 6) is 0.889. The van der Waals surface area contributed by atoms with Crippen molar-refractivity contribution in [1.82, 2.24) is 9.55 Å². The third-order valence-electron chi connectivity index (χ3n) is 2.90. The lowest BCUT2D eigenvalue weighted by Gasteiger charge is -2.08. The average molecular weight is 235 g/mol. The maximum atomic E-state index is 13.2. The van der Waals surface area contributed by atoms with Crippen LogP contribution in [0.2, 0.25) is 0 Å². The third-order valence-corrected chi connectivity index (χ3v) is 2.90. The Labute approximate surface area is 100 Å². The number of hydrogen-bond acceptors (Lipinski definition) is 2. The minimum Gasteiger partial charge on any atom is -0.369 e. The number of halogens is 1. The standard InChI is InChI=1S/C13H18FN3/c1-9(2)4-3-7-17-12-8-10(14)5-6-11(12)16-13(17)15/h5-6,8-9H,3-4,7H2,1-2H3,(H2,15,16). The first-order valence-corrected chi connectivity index (χ1v) is 5.99. The molecule has 92 valence electrons. The molecule has 0 atom stereocenters. The summed E-state index contributed by atoms with van der Waals surface area (Å²) >= 11 is 0. The molecule has 2 rings (SSSR count). The van der Waals surface area contributed by atoms with Gasteiger partial charge in [-0.3, -0.25) is 0 Å². The summed E-state index contributed by atoms with van der Waals surface area (Å²) in [6, 6.07) is 4.57. The SMILES string of the molecule is CC(C)CCCn1c(N)nc2ccc(F)cc21. The molecule has 0 saturated carbocycles. The molecule has 0 aliphatic rings. The number of nitrogen functional groups attached to an aromatic ring is 1. The second kappa shape index (κ2) is 4.73. The van der Waals surface area contributed by atoms with E-state index < -0.39 is 0 Å². The summed E-state index contributed by atoms with van der Waals surface area (Å²) < 4.78 is 15.1. The van der Waals surface area contributed by atoms with E-state index in [1.54, 1.807) is 6.07 Å². The minimum absolute atomic E-state index is 0.248. The molecule has 1 heterocycles. The van der Waals surface area contributed by atoms with Crippen molar-refractivity contribution < 1.29 is 4.39 Å². The normalized spacial score (nSPS) is 11.5. The van der Waals surface area contributed by atoms with E-state index in [2.05, 4.69) is 18.8 Å². The van der Waals surface area contributed by atoms with Crippen LogP contribution in [0.3, 0.4) is 0 Å². The molecule has 1 aromatic heterocycles. The lowest BCUT2D eigenvalue weighted by Crippen LogP contribution is -2.04. The van der Waals surface area contributed by atoms with Crippen LogP contribution in [0.25, 0.3) is 11.0 Å². The fourth-order valence-corrected chi connectivity index (χ4v) is 2.01. The van der Waals surface area contributed by atoms with Gasteiger partial charge in [-0.15, -0.1) is 0 Å². The Morgan fingerprint density at radius 1 is 1.41 bits per heavy atom. The van der Waals surface area contributed by atoms with Crippen LogP contribution in [0.4, 0.5) is 10.3 Å². The molecule has 0 aliphatic carbocycles. The molecule has 0 unspecified atom stereocenters. The van der Waals surface area contributed by atoms with Crippen LogP contribution in [0, 0.1) is 11.7 Å². The maximum absolute atomic E-state index is 13.2. The van der Waals surface area contributed by atoms with Gasteiger partial charge in [-0.05, 0) is 37.0 Å². The molecular formula is C13H18FN3. The van der Waals surface area contributed by atoms with Crippen molar-refractivity contribution in [1.29, 1.82) is 0 Å². The minimum atomic E-state index is -0.248. The Kier molecular flexibility index (Phi) is 3.31. The predicted molar refractivity (Wildman–Crippen MR) is 68.2 cm³/mol. The number of rotatable bonds is 4. The van der Waals surface area contributed by atoms with Crippen molar-refractivity contribution in [2.75, 3.05) is 5.73 Å². The molecule has 0 saturated heterocycles. The first kappa shape index (κ1) is 11.9. The van der Waals surface area contributed by atoms with Crippen LogP contribution in [0.1, 0.15) is 26.7 Å². The molecule has 0 radical (unpaired) electrons. The summed E-state index contributed by atoms with van der Waals surface area (Å²) in [7, 11) is 0. The maximum Gasteiger partial charge on any atom is 0.201 e. The second-order valence-electron chi connectivity index (χ2n) is 4.79. The van der Waals surface area contributed by atoms with Gasteiger partial charge in [-0.25, -0.2) is 9.37 Å². The highest BCUT2D eigenvalue weighted by Crippen LogP contribution is 2.20. The van der Waals surface area contributed by atoms with Crippen LogP contribution >= 0.6 is 0 Å². The van der Waals surface area contributed by atoms with Crippen LogP contribution in [0.15, 0.2) is 18.2 Å². The van der Waals surface area contributed by atoms with Gasteiger partial charge in [0.25, 0.3) is 0 Å². The third kappa shape index (κ3) is 2.57. The smallest absolute Gasteiger partial charge is 0.201 e. The highest BCUT2D eigenvalue weighted by atomic mass is 19.1.